The summed E-state index contributed by atoms with van der Waals surface area (Å²) in [5.74, 6) is -2.54. The number of carbonyl (C=O) groups is 4. The van der Waals surface area contributed by atoms with Crippen molar-refractivity contribution < 1.29 is 23.9 Å². The first-order valence-corrected chi connectivity index (χ1v) is 13.9. The molecule has 1 saturated heterocycles. The molecule has 0 radical (unpaired) electrons. The highest BCUT2D eigenvalue weighted by Crippen LogP contribution is 2.54. The molecular weight excluding hydrogens is 516 g/mol. The molecule has 0 aromatic heterocycles. The van der Waals surface area contributed by atoms with Gasteiger partial charge in [-0.15, -0.1) is 0 Å². The third-order valence-corrected chi connectivity index (χ3v) is 7.82. The van der Waals surface area contributed by atoms with Gasteiger partial charge in [0.05, 0.1) is 17.3 Å². The summed E-state index contributed by atoms with van der Waals surface area (Å²) in [6.07, 6.45) is -1.01. The van der Waals surface area contributed by atoms with E-state index < -0.39 is 34.8 Å². The van der Waals surface area contributed by atoms with Gasteiger partial charge in [-0.2, -0.15) is 0 Å². The monoisotopic (exact) mass is 552 g/mol. The van der Waals surface area contributed by atoms with Crippen LogP contribution in [0.25, 0.3) is 0 Å². The molecule has 212 valence electrons. The van der Waals surface area contributed by atoms with Crippen LogP contribution in [0, 0.1) is 12.8 Å². The van der Waals surface area contributed by atoms with Crippen LogP contribution >= 0.6 is 0 Å². The van der Waals surface area contributed by atoms with Crippen molar-refractivity contribution in [2.24, 2.45) is 5.92 Å². The van der Waals surface area contributed by atoms with E-state index in [1.165, 1.54) is 4.90 Å². The number of hydrogen-bond acceptors (Lipinski definition) is 5. The highest BCUT2D eigenvalue weighted by molar-refractivity contribution is 6.28. The van der Waals surface area contributed by atoms with Crippen LogP contribution in [0.1, 0.15) is 70.2 Å². The summed E-state index contributed by atoms with van der Waals surface area (Å²) in [7, 11) is 0. The fraction of sp³-hybridized carbons (Fsp3) is 0.353. The van der Waals surface area contributed by atoms with E-state index in [2.05, 4.69) is 0 Å². The van der Waals surface area contributed by atoms with E-state index in [-0.39, 0.29) is 17.7 Å². The third-order valence-electron chi connectivity index (χ3n) is 7.82. The van der Waals surface area contributed by atoms with E-state index in [4.69, 9.17) is 4.74 Å². The van der Waals surface area contributed by atoms with Gasteiger partial charge in [0.1, 0.15) is 11.0 Å². The number of carbonyl (C=O) groups excluding carboxylic acids is 4. The predicted octanol–water partition coefficient (Wildman–Crippen LogP) is 6.44. The molecule has 7 nitrogen and oxygen atoms in total. The largest absolute Gasteiger partial charge is 0.443 e. The lowest BCUT2D eigenvalue weighted by Gasteiger charge is -2.34. The molecule has 2 heterocycles. The summed E-state index contributed by atoms with van der Waals surface area (Å²) in [5.41, 5.74) is 0.919. The number of nitrogens with zero attached hydrogens (tertiary/aromatic N) is 2. The van der Waals surface area contributed by atoms with E-state index in [9.17, 15) is 19.2 Å². The van der Waals surface area contributed by atoms with Gasteiger partial charge in [0.2, 0.25) is 11.8 Å². The van der Waals surface area contributed by atoms with E-state index in [1.807, 2.05) is 64.1 Å². The number of anilines is 2. The molecule has 3 aromatic carbocycles. The lowest BCUT2D eigenvalue weighted by molar-refractivity contribution is -0.130. The van der Waals surface area contributed by atoms with Gasteiger partial charge in [0.15, 0.2) is 0 Å². The average molecular weight is 553 g/mol. The van der Waals surface area contributed by atoms with Crippen molar-refractivity contribution in [2.45, 2.75) is 71.3 Å². The SMILES string of the molecule is Cc1ccc([C@@]2([C@@H]3CC(=O)N(c4ccccc4C(C)(C)C)C3=O)C(=O)N(C(=O)OC(C)(C)C)c3ccccc32)cc1. The quantitative estimate of drug-likeness (QED) is 0.349. The lowest BCUT2D eigenvalue weighted by atomic mass is 9.65. The van der Waals surface area contributed by atoms with E-state index in [0.717, 1.165) is 16.0 Å². The molecule has 2 aliphatic heterocycles. The molecule has 1 fully saturated rings. The Labute approximate surface area is 241 Å². The third kappa shape index (κ3) is 4.53. The van der Waals surface area contributed by atoms with Crippen LogP contribution < -0.4 is 9.80 Å². The molecule has 0 saturated carbocycles. The van der Waals surface area contributed by atoms with Crippen LogP contribution in [0.4, 0.5) is 16.2 Å². The van der Waals surface area contributed by atoms with Gasteiger partial charge in [-0.1, -0.05) is 87.0 Å². The van der Waals surface area contributed by atoms with Gasteiger partial charge in [0, 0.05) is 6.42 Å². The van der Waals surface area contributed by atoms with Crippen molar-refractivity contribution in [3.63, 3.8) is 0 Å². The summed E-state index contributed by atoms with van der Waals surface area (Å²) in [5, 5.41) is 0. The molecule has 4 amide bonds. The van der Waals surface area contributed by atoms with Crippen LogP contribution in [0.3, 0.4) is 0 Å². The Morgan fingerprint density at radius 2 is 1.41 bits per heavy atom. The Morgan fingerprint density at radius 3 is 2.02 bits per heavy atom. The van der Waals surface area contributed by atoms with E-state index in [0.29, 0.717) is 22.5 Å². The number of rotatable bonds is 3. The summed E-state index contributed by atoms with van der Waals surface area (Å²) in [4.78, 5) is 58.8. The normalized spacial score (nSPS) is 21.0. The van der Waals surface area contributed by atoms with Gasteiger partial charge < -0.3 is 4.74 Å². The fourth-order valence-electron chi connectivity index (χ4n) is 6.05. The number of fused-ring (bicyclic) bond motifs is 1. The van der Waals surface area contributed by atoms with Crippen molar-refractivity contribution in [3.8, 4) is 0 Å². The maximum atomic E-state index is 14.7. The van der Waals surface area contributed by atoms with Gasteiger partial charge in [-0.25, -0.2) is 14.6 Å². The molecule has 5 rings (SSSR count). The fourth-order valence-corrected chi connectivity index (χ4v) is 6.05. The Bertz CT molecular complexity index is 1560. The predicted molar refractivity (Wildman–Crippen MR) is 158 cm³/mol. The summed E-state index contributed by atoms with van der Waals surface area (Å²) < 4.78 is 5.66. The van der Waals surface area contributed by atoms with Crippen LogP contribution in [0.15, 0.2) is 72.8 Å². The second kappa shape index (κ2) is 9.68. The number of benzene rings is 3. The number of hydrogen-bond donors (Lipinski definition) is 0. The standard InChI is InChI=1S/C34H36N2O5/c1-21-16-18-22(19-17-21)34(24-13-9-11-15-27(24)36(30(34)39)31(40)41-33(5,6)7)25-20-28(37)35(29(25)38)26-14-10-8-12-23(26)32(2,3)4/h8-19,25H,20H2,1-7H3/t25-,34-/m1/s1. The minimum Gasteiger partial charge on any atom is -0.443 e. The van der Waals surface area contributed by atoms with Crippen molar-refractivity contribution in [1.82, 2.24) is 0 Å². The zero-order valence-electron chi connectivity index (χ0n) is 24.6. The van der Waals surface area contributed by atoms with Gasteiger partial charge in [-0.3, -0.25) is 14.4 Å². The first kappa shape index (κ1) is 28.3. The summed E-state index contributed by atoms with van der Waals surface area (Å²) >= 11 is 0. The Kier molecular flexibility index (Phi) is 6.68. The first-order chi connectivity index (χ1) is 19.2. The van der Waals surface area contributed by atoms with Gasteiger partial charge in [0.25, 0.3) is 5.91 Å². The molecule has 2 aliphatic rings. The Hall–Kier alpha value is -4.26. The molecule has 0 spiro atoms. The van der Waals surface area contributed by atoms with Gasteiger partial charge >= 0.3 is 6.09 Å². The summed E-state index contributed by atoms with van der Waals surface area (Å²) in [6.45, 7) is 13.2. The number of ether oxygens (including phenoxy) is 1. The molecule has 0 aliphatic carbocycles. The minimum absolute atomic E-state index is 0.187. The maximum absolute atomic E-state index is 14.7. The highest BCUT2D eigenvalue weighted by Gasteiger charge is 2.64. The number of aryl methyl sites for hydroxylation is 1. The molecule has 0 N–H and O–H groups in total. The summed E-state index contributed by atoms with van der Waals surface area (Å²) in [6, 6.07) is 21.7. The van der Waals surface area contributed by atoms with Crippen LogP contribution in [-0.4, -0.2) is 29.4 Å². The van der Waals surface area contributed by atoms with Crippen molar-refractivity contribution in [3.05, 3.63) is 95.1 Å². The molecule has 2 atom stereocenters. The van der Waals surface area contributed by atoms with Crippen LogP contribution in [0.2, 0.25) is 0 Å². The van der Waals surface area contributed by atoms with Crippen LogP contribution in [0.5, 0.6) is 0 Å². The van der Waals surface area contributed by atoms with Crippen molar-refractivity contribution >= 4 is 35.2 Å². The average Bonchev–Trinajstić information content (AvgIpc) is 3.33. The Morgan fingerprint density at radius 1 is 0.829 bits per heavy atom. The second-order valence-electron chi connectivity index (χ2n) is 12.9. The van der Waals surface area contributed by atoms with Gasteiger partial charge in [-0.05, 0) is 61.9 Å². The minimum atomic E-state index is -1.61. The number of amides is 4. The molecule has 0 bridgehead atoms. The molecule has 0 unspecified atom stereocenters. The van der Waals surface area contributed by atoms with Crippen molar-refractivity contribution in [1.29, 1.82) is 0 Å². The maximum Gasteiger partial charge on any atom is 0.421 e. The first-order valence-electron chi connectivity index (χ1n) is 13.9. The molecule has 3 aromatic rings. The lowest BCUT2D eigenvalue weighted by Crippen LogP contribution is -2.51. The number of para-hydroxylation sites is 2. The second-order valence-corrected chi connectivity index (χ2v) is 12.9. The van der Waals surface area contributed by atoms with E-state index in [1.54, 1.807) is 57.2 Å². The zero-order valence-corrected chi connectivity index (χ0v) is 24.6. The van der Waals surface area contributed by atoms with Crippen LogP contribution in [-0.2, 0) is 30.0 Å². The highest BCUT2D eigenvalue weighted by atomic mass is 16.6. The number of imide groups is 2. The molecular formula is C34H36N2O5. The molecule has 41 heavy (non-hydrogen) atoms. The Balaban J connectivity index is 1.73. The molecule has 7 heteroatoms. The van der Waals surface area contributed by atoms with Crippen molar-refractivity contribution in [2.75, 3.05) is 9.80 Å². The zero-order chi connectivity index (χ0) is 29.9. The topological polar surface area (TPSA) is 84.0 Å². The van der Waals surface area contributed by atoms with E-state index >= 15 is 0 Å². The smallest absolute Gasteiger partial charge is 0.421 e.